The van der Waals surface area contributed by atoms with Crippen molar-refractivity contribution in [2.45, 2.75) is 206 Å². The van der Waals surface area contributed by atoms with E-state index in [4.69, 9.17) is 9.05 Å². The van der Waals surface area contributed by atoms with Crippen molar-refractivity contribution in [2.24, 2.45) is 0 Å². The molecule has 0 spiro atoms. The van der Waals surface area contributed by atoms with Crippen molar-refractivity contribution in [3.05, 3.63) is 12.2 Å². The maximum Gasteiger partial charge on any atom is 0.268 e. The Kier molecular flexibility index (Phi) is 33.5. The third kappa shape index (κ3) is 35.6. The Morgan fingerprint density at radius 3 is 1.56 bits per heavy atom. The van der Waals surface area contributed by atoms with E-state index in [0.717, 1.165) is 51.4 Å². The number of rotatable bonds is 38. The molecule has 0 aliphatic carbocycles. The summed E-state index contributed by atoms with van der Waals surface area (Å²) in [6, 6.07) is -0.799. The van der Waals surface area contributed by atoms with Crippen molar-refractivity contribution < 1.29 is 32.9 Å². The second-order valence-electron chi connectivity index (χ2n) is 15.7. The lowest BCUT2D eigenvalue weighted by molar-refractivity contribution is -0.870. The molecule has 0 heterocycles. The smallest absolute Gasteiger partial charge is 0.268 e. The lowest BCUT2D eigenvalue weighted by atomic mass is 10.0. The van der Waals surface area contributed by atoms with Crippen LogP contribution < -0.4 is 10.2 Å². The summed E-state index contributed by atoms with van der Waals surface area (Å²) in [4.78, 5) is 25.2. The van der Waals surface area contributed by atoms with Crippen molar-refractivity contribution in [1.82, 2.24) is 5.32 Å². The molecule has 298 valence electrons. The molecule has 0 rings (SSSR count). The minimum Gasteiger partial charge on any atom is -0.756 e. The van der Waals surface area contributed by atoms with Gasteiger partial charge in [-0.3, -0.25) is 9.36 Å². The lowest BCUT2D eigenvalue weighted by Gasteiger charge is -2.30. The average Bonchev–Trinajstić information content (AvgIpc) is 3.06. The normalized spacial score (nSPS) is 14.6. The first-order valence-electron chi connectivity index (χ1n) is 21.0. The number of hydrogen-bond acceptors (Lipinski definition) is 6. The fourth-order valence-electron chi connectivity index (χ4n) is 6.09. The van der Waals surface area contributed by atoms with Crippen LogP contribution in [0.2, 0.25) is 0 Å². The van der Waals surface area contributed by atoms with Crippen molar-refractivity contribution in [2.75, 3.05) is 40.9 Å². The van der Waals surface area contributed by atoms with Crippen LogP contribution in [0.3, 0.4) is 0 Å². The Morgan fingerprint density at radius 1 is 0.680 bits per heavy atom. The SMILES string of the molecule is CCCCCCCC/C=C/CCCCCCCC(=O)NC(COP(=O)([O-])OCC[N+](C)(C)C)C(O)CCCCCCCCCCCCCCC. The van der Waals surface area contributed by atoms with E-state index in [1.807, 2.05) is 21.1 Å². The lowest BCUT2D eigenvalue weighted by Crippen LogP contribution is -2.46. The number of nitrogens with zero attached hydrogens (tertiary/aromatic N) is 1. The second kappa shape index (κ2) is 34.0. The molecule has 3 atom stereocenters. The summed E-state index contributed by atoms with van der Waals surface area (Å²) in [6.07, 6.45) is 36.3. The molecule has 0 aromatic carbocycles. The summed E-state index contributed by atoms with van der Waals surface area (Å²) >= 11 is 0. The molecule has 0 bridgehead atoms. The number of carbonyl (C=O) groups is 1. The van der Waals surface area contributed by atoms with Crippen LogP contribution in [0.5, 0.6) is 0 Å². The molecular formula is C41H83N2O6P. The summed E-state index contributed by atoms with van der Waals surface area (Å²) in [5, 5.41) is 13.9. The van der Waals surface area contributed by atoms with Gasteiger partial charge in [0.05, 0.1) is 39.9 Å². The van der Waals surface area contributed by atoms with Gasteiger partial charge >= 0.3 is 0 Å². The molecule has 2 N–H and O–H groups in total. The number of likely N-dealkylation sites (N-methyl/N-ethyl adjacent to an activating group) is 1. The predicted octanol–water partition coefficient (Wildman–Crippen LogP) is 10.6. The first-order valence-corrected chi connectivity index (χ1v) is 22.5. The summed E-state index contributed by atoms with van der Waals surface area (Å²) in [7, 11) is 1.30. The molecular weight excluding hydrogens is 647 g/mol. The molecule has 50 heavy (non-hydrogen) atoms. The molecule has 0 saturated carbocycles. The van der Waals surface area contributed by atoms with Crippen molar-refractivity contribution >= 4 is 13.7 Å². The number of carbonyl (C=O) groups excluding carboxylic acids is 1. The number of quaternary nitrogens is 1. The van der Waals surface area contributed by atoms with Gasteiger partial charge in [-0.15, -0.1) is 0 Å². The van der Waals surface area contributed by atoms with Crippen LogP contribution in [0.25, 0.3) is 0 Å². The van der Waals surface area contributed by atoms with E-state index in [2.05, 4.69) is 31.3 Å². The number of hydrogen-bond donors (Lipinski definition) is 2. The van der Waals surface area contributed by atoms with Crippen LogP contribution in [-0.2, 0) is 18.4 Å². The number of allylic oxidation sites excluding steroid dienone is 2. The molecule has 8 nitrogen and oxygen atoms in total. The predicted molar refractivity (Wildman–Crippen MR) is 210 cm³/mol. The van der Waals surface area contributed by atoms with E-state index in [1.54, 1.807) is 0 Å². The minimum absolute atomic E-state index is 0.0122. The molecule has 0 aliphatic heterocycles. The molecule has 0 radical (unpaired) electrons. The van der Waals surface area contributed by atoms with E-state index in [0.29, 0.717) is 23.9 Å². The number of phosphoric ester groups is 1. The molecule has 3 unspecified atom stereocenters. The Balaban J connectivity index is 4.41. The van der Waals surface area contributed by atoms with Gasteiger partial charge in [0, 0.05) is 6.42 Å². The largest absolute Gasteiger partial charge is 0.756 e. The van der Waals surface area contributed by atoms with E-state index in [-0.39, 0.29) is 19.1 Å². The van der Waals surface area contributed by atoms with Crippen LogP contribution in [0.1, 0.15) is 194 Å². The molecule has 9 heteroatoms. The number of aliphatic hydroxyl groups excluding tert-OH is 1. The summed E-state index contributed by atoms with van der Waals surface area (Å²) < 4.78 is 23.2. The van der Waals surface area contributed by atoms with Gasteiger partial charge in [0.2, 0.25) is 5.91 Å². The minimum atomic E-state index is -4.56. The van der Waals surface area contributed by atoms with Crippen LogP contribution >= 0.6 is 7.82 Å². The highest BCUT2D eigenvalue weighted by Gasteiger charge is 2.24. The molecule has 1 amide bonds. The fourth-order valence-corrected chi connectivity index (χ4v) is 6.81. The van der Waals surface area contributed by atoms with Gasteiger partial charge in [-0.05, 0) is 38.5 Å². The van der Waals surface area contributed by atoms with Gasteiger partial charge in [0.15, 0.2) is 0 Å². The van der Waals surface area contributed by atoms with Gasteiger partial charge in [0.25, 0.3) is 7.82 Å². The third-order valence-corrected chi connectivity index (χ3v) is 10.5. The fraction of sp³-hybridized carbons (Fsp3) is 0.927. The molecule has 0 aliphatic rings. The Hall–Kier alpha value is -0.760. The van der Waals surface area contributed by atoms with Crippen LogP contribution in [0.4, 0.5) is 0 Å². The van der Waals surface area contributed by atoms with Crippen LogP contribution in [0.15, 0.2) is 12.2 Å². The van der Waals surface area contributed by atoms with Crippen molar-refractivity contribution in [3.8, 4) is 0 Å². The maximum absolute atomic E-state index is 12.8. The molecule has 0 saturated heterocycles. The zero-order valence-electron chi connectivity index (χ0n) is 33.6. The van der Waals surface area contributed by atoms with Crippen LogP contribution in [-0.4, -0.2) is 68.5 Å². The third-order valence-electron chi connectivity index (χ3n) is 9.50. The first-order chi connectivity index (χ1) is 24.0. The second-order valence-corrected chi connectivity index (χ2v) is 17.1. The zero-order valence-corrected chi connectivity index (χ0v) is 34.5. The number of unbranched alkanes of at least 4 members (excludes halogenated alkanes) is 23. The number of phosphoric acid groups is 1. The molecule has 0 aromatic rings. The number of aliphatic hydroxyl groups is 1. The Morgan fingerprint density at radius 2 is 1.10 bits per heavy atom. The van der Waals surface area contributed by atoms with Crippen molar-refractivity contribution in [1.29, 1.82) is 0 Å². The highest BCUT2D eigenvalue weighted by Crippen LogP contribution is 2.38. The van der Waals surface area contributed by atoms with E-state index < -0.39 is 20.0 Å². The van der Waals surface area contributed by atoms with Crippen molar-refractivity contribution in [3.63, 3.8) is 0 Å². The average molecular weight is 731 g/mol. The van der Waals surface area contributed by atoms with Gasteiger partial charge in [0.1, 0.15) is 13.2 Å². The van der Waals surface area contributed by atoms with Gasteiger partial charge in [-0.2, -0.15) is 0 Å². The van der Waals surface area contributed by atoms with Crippen LogP contribution in [0, 0.1) is 0 Å². The highest BCUT2D eigenvalue weighted by molar-refractivity contribution is 7.45. The Bertz CT molecular complexity index is 834. The van der Waals surface area contributed by atoms with Gasteiger partial charge in [-0.1, -0.05) is 161 Å². The molecule has 0 aromatic heterocycles. The molecule has 0 fully saturated rings. The number of nitrogens with one attached hydrogen (secondary N) is 1. The van der Waals surface area contributed by atoms with E-state index in [9.17, 15) is 19.4 Å². The Labute approximate surface area is 310 Å². The van der Waals surface area contributed by atoms with E-state index in [1.165, 1.54) is 116 Å². The van der Waals surface area contributed by atoms with Gasteiger partial charge < -0.3 is 28.8 Å². The van der Waals surface area contributed by atoms with E-state index >= 15 is 0 Å². The number of amides is 1. The summed E-state index contributed by atoms with van der Waals surface area (Å²) in [5.74, 6) is -0.174. The topological polar surface area (TPSA) is 108 Å². The zero-order chi connectivity index (χ0) is 37.2. The standard InChI is InChI=1S/C41H83N2O6P/c1-6-8-10-12-14-16-18-20-21-23-25-27-29-31-33-35-41(45)42-39(38-49-50(46,47)48-37-36-43(3,4)5)40(44)34-32-30-28-26-24-22-19-17-15-13-11-9-7-2/h20-21,39-40,44H,6-19,22-38H2,1-5H3,(H-,42,45,46,47)/b21-20+. The highest BCUT2D eigenvalue weighted by atomic mass is 31.2. The maximum atomic E-state index is 12.8. The van der Waals surface area contributed by atoms with Gasteiger partial charge in [-0.25, -0.2) is 0 Å². The quantitative estimate of drug-likeness (QED) is 0.0283. The summed E-state index contributed by atoms with van der Waals surface area (Å²) in [6.45, 7) is 4.70. The monoisotopic (exact) mass is 731 g/mol. The first kappa shape index (κ1) is 49.2. The summed E-state index contributed by atoms with van der Waals surface area (Å²) in [5.41, 5.74) is 0.